The molecule has 1 heterocycles. The molecule has 2 aliphatic rings. The Bertz CT molecular complexity index is 1410. The van der Waals surface area contributed by atoms with E-state index in [-0.39, 0.29) is 24.2 Å². The van der Waals surface area contributed by atoms with Gasteiger partial charge < -0.3 is 19.9 Å². The van der Waals surface area contributed by atoms with Crippen molar-refractivity contribution >= 4 is 21.6 Å². The first kappa shape index (κ1) is 24.3. The van der Waals surface area contributed by atoms with E-state index >= 15 is 0 Å². The molecule has 0 aromatic heterocycles. The Morgan fingerprint density at radius 3 is 2.44 bits per heavy atom. The largest absolute Gasteiger partial charge is 0.454 e. The van der Waals surface area contributed by atoms with E-state index in [1.165, 1.54) is 12.1 Å². The number of carbonyl (C=O) groups excluding carboxylic acids is 1. The molecule has 0 unspecified atom stereocenters. The first-order valence-electron chi connectivity index (χ1n) is 11.8. The van der Waals surface area contributed by atoms with Crippen molar-refractivity contribution in [3.63, 3.8) is 0 Å². The lowest BCUT2D eigenvalue weighted by atomic mass is 9.94. The van der Waals surface area contributed by atoms with E-state index in [1.807, 2.05) is 43.3 Å². The van der Waals surface area contributed by atoms with Gasteiger partial charge in [0.25, 0.3) is 0 Å². The molecule has 188 valence electrons. The van der Waals surface area contributed by atoms with Crippen molar-refractivity contribution < 1.29 is 27.8 Å². The summed E-state index contributed by atoms with van der Waals surface area (Å²) >= 11 is 0. The van der Waals surface area contributed by atoms with E-state index < -0.39 is 21.5 Å². The predicted octanol–water partition coefficient (Wildman–Crippen LogP) is 3.72. The van der Waals surface area contributed by atoms with Gasteiger partial charge in [-0.15, -0.1) is 0 Å². The molecule has 0 saturated heterocycles. The van der Waals surface area contributed by atoms with Crippen LogP contribution in [0.15, 0.2) is 65.6 Å². The van der Waals surface area contributed by atoms with Crippen LogP contribution in [0.25, 0.3) is 11.1 Å². The number of amides is 1. The van der Waals surface area contributed by atoms with Crippen molar-refractivity contribution in [1.82, 2.24) is 4.72 Å². The number of hydrogen-bond donors (Lipinski definition) is 3. The maximum absolute atomic E-state index is 13.3. The minimum atomic E-state index is -3.73. The summed E-state index contributed by atoms with van der Waals surface area (Å²) in [6.45, 7) is 3.46. The molecule has 3 N–H and O–H groups in total. The molecule has 1 amide bonds. The van der Waals surface area contributed by atoms with Crippen molar-refractivity contribution in [2.75, 3.05) is 18.7 Å². The van der Waals surface area contributed by atoms with Gasteiger partial charge >= 0.3 is 0 Å². The molecule has 5 rings (SSSR count). The lowest BCUT2D eigenvalue weighted by Crippen LogP contribution is -2.34. The van der Waals surface area contributed by atoms with Crippen LogP contribution in [-0.4, -0.2) is 38.9 Å². The summed E-state index contributed by atoms with van der Waals surface area (Å²) in [5.41, 5.74) is 3.71. The fourth-order valence-corrected chi connectivity index (χ4v) is 5.65. The molecule has 8 nitrogen and oxygen atoms in total. The van der Waals surface area contributed by atoms with Gasteiger partial charge in [-0.25, -0.2) is 13.1 Å². The predicted molar refractivity (Wildman–Crippen MR) is 136 cm³/mol. The average molecular weight is 509 g/mol. The zero-order chi connectivity index (χ0) is 25.5. The summed E-state index contributed by atoms with van der Waals surface area (Å²) in [6, 6.07) is 17.3. The molecular formula is C27H28N2O6S. The first-order valence-corrected chi connectivity index (χ1v) is 13.3. The number of anilines is 1. The molecule has 1 saturated carbocycles. The lowest BCUT2D eigenvalue weighted by Gasteiger charge is -2.17. The second-order valence-electron chi connectivity index (χ2n) is 9.36. The quantitative estimate of drug-likeness (QED) is 0.427. The van der Waals surface area contributed by atoms with Crippen molar-refractivity contribution in [3.8, 4) is 22.6 Å². The third-order valence-electron chi connectivity index (χ3n) is 6.71. The fourth-order valence-electron chi connectivity index (χ4n) is 4.41. The number of carbonyl (C=O) groups is 1. The highest BCUT2D eigenvalue weighted by atomic mass is 32.2. The van der Waals surface area contributed by atoms with Gasteiger partial charge in [-0.2, -0.15) is 0 Å². The summed E-state index contributed by atoms with van der Waals surface area (Å²) in [5, 5.41) is 12.2. The number of fused-ring (bicyclic) bond motifs is 1. The van der Waals surface area contributed by atoms with Crippen LogP contribution >= 0.6 is 0 Å². The van der Waals surface area contributed by atoms with Crippen LogP contribution in [0.2, 0.25) is 0 Å². The number of benzene rings is 3. The smallest absolute Gasteiger partial charge is 0.240 e. The highest BCUT2D eigenvalue weighted by Crippen LogP contribution is 2.51. The molecular weight excluding hydrogens is 480 g/mol. The summed E-state index contributed by atoms with van der Waals surface area (Å²) < 4.78 is 38.3. The number of nitrogens with one attached hydrogen (secondary N) is 2. The van der Waals surface area contributed by atoms with Crippen LogP contribution in [0.5, 0.6) is 11.5 Å². The Labute approximate surface area is 210 Å². The normalized spacial score (nSPS) is 16.4. The molecule has 3 aromatic carbocycles. The third-order valence-corrected chi connectivity index (χ3v) is 8.32. The van der Waals surface area contributed by atoms with Gasteiger partial charge in [0.05, 0.1) is 16.9 Å². The van der Waals surface area contributed by atoms with Gasteiger partial charge in [-0.1, -0.05) is 24.3 Å². The second kappa shape index (κ2) is 9.24. The number of sulfonamides is 1. The van der Waals surface area contributed by atoms with Crippen LogP contribution in [0.4, 0.5) is 5.69 Å². The highest BCUT2D eigenvalue weighted by molar-refractivity contribution is 7.89. The van der Waals surface area contributed by atoms with Gasteiger partial charge in [-0.05, 0) is 85.3 Å². The van der Waals surface area contributed by atoms with Gasteiger partial charge in [0, 0.05) is 11.7 Å². The minimum absolute atomic E-state index is 0.0679. The third kappa shape index (κ3) is 4.57. The number of ether oxygens (including phenoxy) is 2. The Kier molecular flexibility index (Phi) is 6.23. The van der Waals surface area contributed by atoms with Crippen LogP contribution in [0, 0.1) is 6.92 Å². The van der Waals surface area contributed by atoms with E-state index in [2.05, 4.69) is 10.0 Å². The molecule has 1 aliphatic heterocycles. The Hall–Kier alpha value is -3.40. The highest BCUT2D eigenvalue weighted by Gasteiger charge is 2.51. The fraction of sp³-hybridized carbons (Fsp3) is 0.296. The van der Waals surface area contributed by atoms with Crippen LogP contribution in [0.3, 0.4) is 0 Å². The number of aliphatic hydroxyl groups excluding tert-OH is 1. The Morgan fingerprint density at radius 1 is 1.03 bits per heavy atom. The number of aryl methyl sites for hydroxylation is 1. The SMILES string of the molecule is Cc1ccc(NC(=O)C2(c3ccc4c(c3)OCO4)CC2)cc1-c1ccc(S(=O)(=O)N[C@H](C)CO)cc1. The molecule has 0 radical (unpaired) electrons. The van der Waals surface area contributed by atoms with Crippen molar-refractivity contribution in [2.45, 2.75) is 43.0 Å². The maximum atomic E-state index is 13.3. The molecule has 9 heteroatoms. The van der Waals surface area contributed by atoms with Crippen molar-refractivity contribution in [2.24, 2.45) is 0 Å². The van der Waals surface area contributed by atoms with Gasteiger partial charge in [0.2, 0.25) is 22.7 Å². The standard InChI is InChI=1S/C27H28N2O6S/c1-17-3-7-21(14-23(17)19-4-8-22(9-5-19)36(32,33)29-18(2)15-30)28-26(31)27(11-12-27)20-6-10-24-25(13-20)35-16-34-24/h3-10,13-14,18,29-30H,11-12,15-16H2,1-2H3,(H,28,31)/t18-/m1/s1. The number of hydrogen-bond acceptors (Lipinski definition) is 6. The average Bonchev–Trinajstić information content (AvgIpc) is 3.55. The number of aliphatic hydroxyl groups is 1. The van der Waals surface area contributed by atoms with E-state index in [0.717, 1.165) is 35.1 Å². The monoisotopic (exact) mass is 508 g/mol. The molecule has 1 aliphatic carbocycles. The van der Waals surface area contributed by atoms with Crippen LogP contribution < -0.4 is 19.5 Å². The first-order chi connectivity index (χ1) is 17.2. The zero-order valence-corrected chi connectivity index (χ0v) is 20.9. The molecule has 36 heavy (non-hydrogen) atoms. The van der Waals surface area contributed by atoms with Crippen molar-refractivity contribution in [1.29, 1.82) is 0 Å². The number of rotatable bonds is 8. The zero-order valence-electron chi connectivity index (χ0n) is 20.1. The molecule has 3 aromatic rings. The minimum Gasteiger partial charge on any atom is -0.454 e. The van der Waals surface area contributed by atoms with E-state index in [1.54, 1.807) is 19.1 Å². The van der Waals surface area contributed by atoms with E-state index in [0.29, 0.717) is 17.2 Å². The summed E-state index contributed by atoms with van der Waals surface area (Å²) in [4.78, 5) is 13.4. The summed E-state index contributed by atoms with van der Waals surface area (Å²) in [7, 11) is -3.73. The Morgan fingerprint density at radius 2 is 1.75 bits per heavy atom. The van der Waals surface area contributed by atoms with Gasteiger partial charge in [0.15, 0.2) is 11.5 Å². The van der Waals surface area contributed by atoms with E-state index in [9.17, 15) is 13.2 Å². The summed E-state index contributed by atoms with van der Waals surface area (Å²) in [6.07, 6.45) is 1.52. The lowest BCUT2D eigenvalue weighted by molar-refractivity contribution is -0.118. The molecule has 1 fully saturated rings. The van der Waals surface area contributed by atoms with Gasteiger partial charge in [0.1, 0.15) is 0 Å². The topological polar surface area (TPSA) is 114 Å². The van der Waals surface area contributed by atoms with Crippen molar-refractivity contribution in [3.05, 3.63) is 71.8 Å². The van der Waals surface area contributed by atoms with Crippen LogP contribution in [-0.2, 0) is 20.2 Å². The molecule has 0 spiro atoms. The van der Waals surface area contributed by atoms with Crippen LogP contribution in [0.1, 0.15) is 30.9 Å². The second-order valence-corrected chi connectivity index (χ2v) is 11.1. The van der Waals surface area contributed by atoms with E-state index in [4.69, 9.17) is 14.6 Å². The summed E-state index contributed by atoms with van der Waals surface area (Å²) in [5.74, 6) is 1.29. The molecule has 1 atom stereocenters. The Balaban J connectivity index is 1.35. The maximum Gasteiger partial charge on any atom is 0.240 e. The van der Waals surface area contributed by atoms with Gasteiger partial charge in [-0.3, -0.25) is 4.79 Å². The molecule has 0 bridgehead atoms.